The summed E-state index contributed by atoms with van der Waals surface area (Å²) in [6.07, 6.45) is 3.92. The summed E-state index contributed by atoms with van der Waals surface area (Å²) in [5.41, 5.74) is -0.158. The second-order valence-corrected chi connectivity index (χ2v) is 9.46. The van der Waals surface area contributed by atoms with Crippen LogP contribution >= 0.6 is 0 Å². The van der Waals surface area contributed by atoms with Crippen LogP contribution in [0.25, 0.3) is 0 Å². The van der Waals surface area contributed by atoms with E-state index in [4.69, 9.17) is 4.74 Å². The lowest BCUT2D eigenvalue weighted by atomic mass is 10.0. The topological polar surface area (TPSA) is 97.6 Å². The third-order valence-corrected chi connectivity index (χ3v) is 7.01. The van der Waals surface area contributed by atoms with Crippen LogP contribution in [-0.2, 0) is 6.42 Å². The molecule has 1 fully saturated rings. The van der Waals surface area contributed by atoms with E-state index in [1.165, 1.54) is 9.47 Å². The van der Waals surface area contributed by atoms with Gasteiger partial charge >= 0.3 is 0 Å². The van der Waals surface area contributed by atoms with Crippen molar-refractivity contribution in [1.82, 2.24) is 19.4 Å². The van der Waals surface area contributed by atoms with Crippen molar-refractivity contribution in [2.75, 3.05) is 20.2 Å². The average Bonchev–Trinajstić information content (AvgIpc) is 3.39. The van der Waals surface area contributed by atoms with Gasteiger partial charge in [-0.3, -0.25) is 19.1 Å². The number of unbranched alkanes of at least 4 members (excludes halogenated alkanes) is 1. The molecule has 2 atom stereocenters. The Balaban J connectivity index is 1.73. The standard InChI is InChI=1S/C28H32F2N4O4/c1-4-6-10-23-32-26(35)24(28(37)34(23)22(5-2)17-8-7-9-20(13-17)38-3)27(36)33-12-11-18(16-33)25-21(30)14-19(29)15-31-25/h7-9,13-15,18,22,35H,4-6,10-12,16H2,1-3H3/t18?,22-/m0/s1. The van der Waals surface area contributed by atoms with Crippen LogP contribution in [0.3, 0.4) is 0 Å². The summed E-state index contributed by atoms with van der Waals surface area (Å²) in [5, 5.41) is 10.8. The molecule has 2 aromatic heterocycles. The number of aryl methyl sites for hydroxylation is 1. The van der Waals surface area contributed by atoms with E-state index in [1.807, 2.05) is 38.1 Å². The minimum absolute atomic E-state index is 0.0699. The van der Waals surface area contributed by atoms with Gasteiger partial charge in [-0.25, -0.2) is 8.78 Å². The predicted molar refractivity (Wildman–Crippen MR) is 138 cm³/mol. The normalized spacial score (nSPS) is 16.0. The Bertz CT molecular complexity index is 1380. The molecular formula is C28H32F2N4O4. The zero-order chi connectivity index (χ0) is 27.4. The van der Waals surface area contributed by atoms with Gasteiger partial charge in [0.15, 0.2) is 5.56 Å². The first-order chi connectivity index (χ1) is 18.3. The number of hydrogen-bond donors (Lipinski definition) is 1. The van der Waals surface area contributed by atoms with E-state index < -0.39 is 46.5 Å². The van der Waals surface area contributed by atoms with Gasteiger partial charge in [-0.1, -0.05) is 32.4 Å². The van der Waals surface area contributed by atoms with Gasteiger partial charge in [-0.15, -0.1) is 0 Å². The number of aromatic hydroxyl groups is 1. The van der Waals surface area contributed by atoms with E-state index in [-0.39, 0.29) is 18.8 Å². The highest BCUT2D eigenvalue weighted by molar-refractivity contribution is 5.96. The van der Waals surface area contributed by atoms with E-state index in [2.05, 4.69) is 9.97 Å². The van der Waals surface area contributed by atoms with E-state index in [9.17, 15) is 23.5 Å². The maximum atomic E-state index is 14.3. The molecule has 0 bridgehead atoms. The van der Waals surface area contributed by atoms with E-state index >= 15 is 0 Å². The smallest absolute Gasteiger partial charge is 0.270 e. The largest absolute Gasteiger partial charge is 0.497 e. The molecular weight excluding hydrogens is 494 g/mol. The number of pyridine rings is 1. The Morgan fingerprint density at radius 2 is 2.05 bits per heavy atom. The lowest BCUT2D eigenvalue weighted by Crippen LogP contribution is -2.38. The van der Waals surface area contributed by atoms with Crippen molar-refractivity contribution < 1.29 is 23.4 Å². The van der Waals surface area contributed by atoms with Crippen molar-refractivity contribution in [2.45, 2.75) is 57.9 Å². The van der Waals surface area contributed by atoms with E-state index in [0.717, 1.165) is 30.7 Å². The lowest BCUT2D eigenvalue weighted by molar-refractivity contribution is 0.0783. The van der Waals surface area contributed by atoms with Crippen LogP contribution in [0.15, 0.2) is 41.3 Å². The van der Waals surface area contributed by atoms with Crippen molar-refractivity contribution in [3.8, 4) is 11.6 Å². The number of ether oxygens (including phenoxy) is 1. The number of likely N-dealkylation sites (tertiary alicyclic amines) is 1. The van der Waals surface area contributed by atoms with Crippen molar-refractivity contribution in [3.05, 3.63) is 81.2 Å². The van der Waals surface area contributed by atoms with Gasteiger partial charge in [0.25, 0.3) is 11.5 Å². The molecule has 0 spiro atoms. The zero-order valence-electron chi connectivity index (χ0n) is 21.8. The molecule has 10 heteroatoms. The fourth-order valence-electron chi connectivity index (χ4n) is 5.05. The molecule has 1 N–H and O–H groups in total. The first-order valence-electron chi connectivity index (χ1n) is 12.9. The Hall–Kier alpha value is -3.82. The molecule has 1 aliphatic rings. The number of amides is 1. The summed E-state index contributed by atoms with van der Waals surface area (Å²) in [5.74, 6) is -2.27. The molecule has 0 saturated carbocycles. The van der Waals surface area contributed by atoms with Crippen LogP contribution in [0.1, 0.15) is 78.9 Å². The van der Waals surface area contributed by atoms with Crippen LogP contribution in [0.5, 0.6) is 11.6 Å². The second-order valence-electron chi connectivity index (χ2n) is 9.46. The SMILES string of the molecule is CCCCc1nc(O)c(C(=O)N2CCC(c3ncc(F)cc3F)C2)c(=O)n1[C@@H](CC)c1cccc(OC)c1. The third-order valence-electron chi connectivity index (χ3n) is 7.01. The van der Waals surface area contributed by atoms with Crippen molar-refractivity contribution >= 4 is 5.91 Å². The molecule has 1 aromatic carbocycles. The molecule has 0 radical (unpaired) electrons. The summed E-state index contributed by atoms with van der Waals surface area (Å²) in [7, 11) is 1.56. The van der Waals surface area contributed by atoms with Crippen molar-refractivity contribution in [1.29, 1.82) is 0 Å². The molecule has 1 amide bonds. The number of carbonyl (C=O) groups is 1. The maximum absolute atomic E-state index is 14.3. The number of rotatable bonds is 9. The highest BCUT2D eigenvalue weighted by Crippen LogP contribution is 2.31. The summed E-state index contributed by atoms with van der Waals surface area (Å²) >= 11 is 0. The molecule has 202 valence electrons. The molecule has 38 heavy (non-hydrogen) atoms. The summed E-state index contributed by atoms with van der Waals surface area (Å²) in [4.78, 5) is 37.0. The number of aromatic nitrogens is 3. The van der Waals surface area contributed by atoms with Crippen LogP contribution in [0.2, 0.25) is 0 Å². The monoisotopic (exact) mass is 526 g/mol. The molecule has 0 aliphatic carbocycles. The fourth-order valence-corrected chi connectivity index (χ4v) is 5.05. The van der Waals surface area contributed by atoms with Crippen LogP contribution < -0.4 is 10.3 Å². The van der Waals surface area contributed by atoms with Gasteiger partial charge in [0.05, 0.1) is 25.0 Å². The molecule has 1 saturated heterocycles. The quantitative estimate of drug-likeness (QED) is 0.438. The Morgan fingerprint density at radius 3 is 2.74 bits per heavy atom. The summed E-state index contributed by atoms with van der Waals surface area (Å²) < 4.78 is 34.5. The molecule has 1 aliphatic heterocycles. The third kappa shape index (κ3) is 5.39. The first-order valence-corrected chi connectivity index (χ1v) is 12.9. The molecule has 8 nitrogen and oxygen atoms in total. The van der Waals surface area contributed by atoms with Crippen molar-refractivity contribution in [2.24, 2.45) is 0 Å². The van der Waals surface area contributed by atoms with Crippen LogP contribution in [0, 0.1) is 11.6 Å². The molecule has 3 aromatic rings. The lowest BCUT2D eigenvalue weighted by Gasteiger charge is -2.24. The van der Waals surface area contributed by atoms with Gasteiger partial charge in [0.2, 0.25) is 5.88 Å². The van der Waals surface area contributed by atoms with Crippen LogP contribution in [0.4, 0.5) is 8.78 Å². The van der Waals surface area contributed by atoms with Gasteiger partial charge < -0.3 is 14.7 Å². The number of benzene rings is 1. The number of nitrogens with zero attached hydrogens (tertiary/aromatic N) is 4. The minimum Gasteiger partial charge on any atom is -0.497 e. The molecule has 4 rings (SSSR count). The highest BCUT2D eigenvalue weighted by atomic mass is 19.1. The van der Waals surface area contributed by atoms with Crippen molar-refractivity contribution in [3.63, 3.8) is 0 Å². The van der Waals surface area contributed by atoms with E-state index in [1.54, 1.807) is 7.11 Å². The zero-order valence-corrected chi connectivity index (χ0v) is 21.8. The number of carbonyl (C=O) groups excluding carboxylic acids is 1. The van der Waals surface area contributed by atoms with Gasteiger partial charge in [-0.2, -0.15) is 4.98 Å². The van der Waals surface area contributed by atoms with Gasteiger partial charge in [0, 0.05) is 31.5 Å². The number of methoxy groups -OCH3 is 1. The Labute approximate surface area is 219 Å². The van der Waals surface area contributed by atoms with E-state index in [0.29, 0.717) is 30.8 Å². The predicted octanol–water partition coefficient (Wildman–Crippen LogP) is 4.60. The highest BCUT2D eigenvalue weighted by Gasteiger charge is 2.35. The first kappa shape index (κ1) is 27.2. The number of hydrogen-bond acceptors (Lipinski definition) is 6. The summed E-state index contributed by atoms with van der Waals surface area (Å²) in [6, 6.07) is 7.70. The van der Waals surface area contributed by atoms with Crippen LogP contribution in [-0.4, -0.2) is 50.6 Å². The Morgan fingerprint density at radius 1 is 1.26 bits per heavy atom. The number of halogens is 2. The maximum Gasteiger partial charge on any atom is 0.270 e. The Kier molecular flexibility index (Phi) is 8.38. The average molecular weight is 527 g/mol. The molecule has 1 unspecified atom stereocenters. The minimum atomic E-state index is -0.779. The van der Waals surface area contributed by atoms with Gasteiger partial charge in [0.1, 0.15) is 23.2 Å². The molecule has 3 heterocycles. The second kappa shape index (κ2) is 11.7. The fraction of sp³-hybridized carbons (Fsp3) is 0.429. The summed E-state index contributed by atoms with van der Waals surface area (Å²) in [6.45, 7) is 4.26. The van der Waals surface area contributed by atoms with Gasteiger partial charge in [-0.05, 0) is 37.0 Å².